The molecule has 90 valence electrons. The van der Waals surface area contributed by atoms with E-state index in [0.717, 1.165) is 29.6 Å². The van der Waals surface area contributed by atoms with Crippen molar-refractivity contribution in [3.8, 4) is 0 Å². The lowest BCUT2D eigenvalue weighted by molar-refractivity contribution is 0.0988. The zero-order valence-corrected chi connectivity index (χ0v) is 10.5. The van der Waals surface area contributed by atoms with E-state index in [1.165, 1.54) is 12.8 Å². The van der Waals surface area contributed by atoms with Crippen LogP contribution in [0.25, 0.3) is 0 Å². The Morgan fingerprint density at radius 1 is 1.62 bits per heavy atom. The summed E-state index contributed by atoms with van der Waals surface area (Å²) in [6, 6.07) is 0.507. The van der Waals surface area contributed by atoms with Crippen LogP contribution in [0.3, 0.4) is 0 Å². The molecular formula is C11H18ClN3O. The molecule has 1 atom stereocenters. The summed E-state index contributed by atoms with van der Waals surface area (Å²) >= 11 is 6.13. The van der Waals surface area contributed by atoms with Gasteiger partial charge in [-0.25, -0.2) is 0 Å². The van der Waals surface area contributed by atoms with Crippen molar-refractivity contribution >= 4 is 11.6 Å². The number of ether oxygens (including phenoxy) is 1. The molecule has 1 fully saturated rings. The monoisotopic (exact) mass is 243 g/mol. The third-order valence-corrected chi connectivity index (χ3v) is 3.47. The number of hydrogen-bond donors (Lipinski definition) is 1. The van der Waals surface area contributed by atoms with Crippen LogP contribution in [0.1, 0.15) is 24.2 Å². The zero-order chi connectivity index (χ0) is 11.5. The average Bonchev–Trinajstić information content (AvgIpc) is 2.82. The summed E-state index contributed by atoms with van der Waals surface area (Å²) in [5.74, 6) is 0. The molecule has 1 N–H and O–H groups in total. The zero-order valence-electron chi connectivity index (χ0n) is 9.79. The van der Waals surface area contributed by atoms with Gasteiger partial charge < -0.3 is 10.1 Å². The van der Waals surface area contributed by atoms with Gasteiger partial charge in [-0.1, -0.05) is 11.6 Å². The smallest absolute Gasteiger partial charge is 0.0900 e. The van der Waals surface area contributed by atoms with Gasteiger partial charge in [-0.15, -0.1) is 0 Å². The van der Waals surface area contributed by atoms with Crippen LogP contribution < -0.4 is 5.32 Å². The van der Waals surface area contributed by atoms with E-state index in [4.69, 9.17) is 16.3 Å². The third kappa shape index (κ3) is 2.56. The van der Waals surface area contributed by atoms with Gasteiger partial charge in [0, 0.05) is 13.1 Å². The van der Waals surface area contributed by atoms with Crippen LogP contribution in [0.4, 0.5) is 0 Å². The van der Waals surface area contributed by atoms with Crippen LogP contribution in [0.2, 0.25) is 5.02 Å². The molecule has 2 rings (SSSR count). The Balaban J connectivity index is 1.84. The number of nitrogens with zero attached hydrogens (tertiary/aromatic N) is 2. The van der Waals surface area contributed by atoms with E-state index in [2.05, 4.69) is 10.4 Å². The van der Waals surface area contributed by atoms with Gasteiger partial charge in [-0.2, -0.15) is 5.10 Å². The Labute approximate surface area is 101 Å². The molecule has 2 heterocycles. The van der Waals surface area contributed by atoms with Crippen molar-refractivity contribution in [1.29, 1.82) is 0 Å². The largest absolute Gasteiger partial charge is 0.373 e. The van der Waals surface area contributed by atoms with E-state index in [9.17, 15) is 0 Å². The molecule has 0 spiro atoms. The highest BCUT2D eigenvalue weighted by molar-refractivity contribution is 6.31. The van der Waals surface area contributed by atoms with E-state index in [-0.39, 0.29) is 0 Å². The molecule has 0 bridgehead atoms. The molecule has 1 aliphatic rings. The normalized spacial score (nSPS) is 20.6. The summed E-state index contributed by atoms with van der Waals surface area (Å²) in [4.78, 5) is 0. The fourth-order valence-corrected chi connectivity index (χ4v) is 2.25. The molecule has 0 aliphatic carbocycles. The molecule has 0 aromatic carbocycles. The standard InChI is InChI=1S/C11H18ClN3O/c1-8-11(12)10(15(2)14-8)7-16-6-9-4-3-5-13-9/h9,13H,3-7H2,1-2H3. The Morgan fingerprint density at radius 3 is 3.00 bits per heavy atom. The molecule has 1 saturated heterocycles. The maximum Gasteiger partial charge on any atom is 0.0900 e. The minimum absolute atomic E-state index is 0.507. The molecule has 0 saturated carbocycles. The molecule has 5 heteroatoms. The second-order valence-electron chi connectivity index (χ2n) is 4.28. The van der Waals surface area contributed by atoms with Crippen molar-refractivity contribution in [2.45, 2.75) is 32.4 Å². The Kier molecular flexibility index (Phi) is 3.84. The number of halogens is 1. The fourth-order valence-electron chi connectivity index (χ4n) is 2.03. The molecular weight excluding hydrogens is 226 g/mol. The number of hydrogen-bond acceptors (Lipinski definition) is 3. The molecule has 0 amide bonds. The van der Waals surface area contributed by atoms with Gasteiger partial charge in [0.25, 0.3) is 0 Å². The maximum atomic E-state index is 6.13. The summed E-state index contributed by atoms with van der Waals surface area (Å²) in [6.07, 6.45) is 2.46. The van der Waals surface area contributed by atoms with Gasteiger partial charge in [-0.05, 0) is 26.3 Å². The molecule has 0 radical (unpaired) electrons. The van der Waals surface area contributed by atoms with E-state index in [1.54, 1.807) is 4.68 Å². The lowest BCUT2D eigenvalue weighted by atomic mass is 10.2. The molecule has 4 nitrogen and oxygen atoms in total. The van der Waals surface area contributed by atoms with Crippen LogP contribution in [0.5, 0.6) is 0 Å². The highest BCUT2D eigenvalue weighted by atomic mass is 35.5. The topological polar surface area (TPSA) is 39.1 Å². The fraction of sp³-hybridized carbons (Fsp3) is 0.727. The van der Waals surface area contributed by atoms with E-state index in [0.29, 0.717) is 12.6 Å². The number of aromatic nitrogens is 2. The van der Waals surface area contributed by atoms with Crippen LogP contribution in [-0.2, 0) is 18.4 Å². The van der Waals surface area contributed by atoms with Gasteiger partial charge in [0.05, 0.1) is 29.6 Å². The van der Waals surface area contributed by atoms with Crippen molar-refractivity contribution in [3.63, 3.8) is 0 Å². The Bertz CT molecular complexity index is 358. The quantitative estimate of drug-likeness (QED) is 0.874. The second kappa shape index (κ2) is 5.17. The first-order valence-corrected chi connectivity index (χ1v) is 6.05. The SMILES string of the molecule is Cc1nn(C)c(COCC2CCCN2)c1Cl. The molecule has 1 aliphatic heterocycles. The van der Waals surface area contributed by atoms with Gasteiger partial charge >= 0.3 is 0 Å². The van der Waals surface area contributed by atoms with Crippen molar-refractivity contribution in [2.75, 3.05) is 13.2 Å². The first-order chi connectivity index (χ1) is 7.68. The van der Waals surface area contributed by atoms with Crippen LogP contribution in [0.15, 0.2) is 0 Å². The Hall–Kier alpha value is -0.580. The summed E-state index contributed by atoms with van der Waals surface area (Å²) < 4.78 is 7.46. The van der Waals surface area contributed by atoms with Crippen LogP contribution >= 0.6 is 11.6 Å². The second-order valence-corrected chi connectivity index (χ2v) is 4.66. The lowest BCUT2D eigenvalue weighted by Gasteiger charge is -2.10. The summed E-state index contributed by atoms with van der Waals surface area (Å²) in [7, 11) is 1.89. The van der Waals surface area contributed by atoms with Gasteiger partial charge in [0.15, 0.2) is 0 Å². The number of aryl methyl sites for hydroxylation is 2. The van der Waals surface area contributed by atoms with Crippen molar-refractivity contribution in [3.05, 3.63) is 16.4 Å². The average molecular weight is 244 g/mol. The predicted octanol–water partition coefficient (Wildman–Crippen LogP) is 1.65. The van der Waals surface area contributed by atoms with Crippen molar-refractivity contribution < 1.29 is 4.74 Å². The highest BCUT2D eigenvalue weighted by Crippen LogP contribution is 2.20. The first-order valence-electron chi connectivity index (χ1n) is 5.67. The van der Waals surface area contributed by atoms with Crippen molar-refractivity contribution in [1.82, 2.24) is 15.1 Å². The van der Waals surface area contributed by atoms with E-state index in [1.807, 2.05) is 14.0 Å². The van der Waals surface area contributed by atoms with Gasteiger partial charge in [0.2, 0.25) is 0 Å². The highest BCUT2D eigenvalue weighted by Gasteiger charge is 2.15. The minimum atomic E-state index is 0.507. The number of rotatable bonds is 4. The van der Waals surface area contributed by atoms with Crippen molar-refractivity contribution in [2.24, 2.45) is 7.05 Å². The molecule has 1 unspecified atom stereocenters. The maximum absolute atomic E-state index is 6.13. The first kappa shape index (κ1) is 11.9. The lowest BCUT2D eigenvalue weighted by Crippen LogP contribution is -2.26. The third-order valence-electron chi connectivity index (χ3n) is 2.98. The molecule has 16 heavy (non-hydrogen) atoms. The number of nitrogens with one attached hydrogen (secondary N) is 1. The van der Waals surface area contributed by atoms with E-state index >= 15 is 0 Å². The predicted molar refractivity (Wildman–Crippen MR) is 63.6 cm³/mol. The summed E-state index contributed by atoms with van der Waals surface area (Å²) in [5, 5.41) is 8.37. The minimum Gasteiger partial charge on any atom is -0.373 e. The van der Waals surface area contributed by atoms with Gasteiger partial charge in [-0.3, -0.25) is 4.68 Å². The Morgan fingerprint density at radius 2 is 2.44 bits per heavy atom. The van der Waals surface area contributed by atoms with Crippen LogP contribution in [0, 0.1) is 6.92 Å². The summed E-state index contributed by atoms with van der Waals surface area (Å²) in [6.45, 7) is 4.30. The molecule has 1 aromatic rings. The van der Waals surface area contributed by atoms with E-state index < -0.39 is 0 Å². The molecule has 1 aromatic heterocycles. The van der Waals surface area contributed by atoms with Crippen LogP contribution in [-0.4, -0.2) is 29.0 Å². The van der Waals surface area contributed by atoms with Gasteiger partial charge in [0.1, 0.15) is 0 Å². The summed E-state index contributed by atoms with van der Waals surface area (Å²) in [5.41, 5.74) is 1.82.